The van der Waals surface area contributed by atoms with Crippen LogP contribution in [0.2, 0.25) is 0 Å². The second-order valence-corrected chi connectivity index (χ2v) is 4.51. The first kappa shape index (κ1) is 23.4. The van der Waals surface area contributed by atoms with Gasteiger partial charge >= 0.3 is 33.9 Å². The Hall–Kier alpha value is -1.89. The fourth-order valence-electron chi connectivity index (χ4n) is 2.86. The number of allylic oxidation sites excluding steroid dienone is 10. The summed E-state index contributed by atoms with van der Waals surface area (Å²) in [6, 6.07) is 0. The van der Waals surface area contributed by atoms with E-state index >= 15 is 0 Å². The molecule has 0 N–H and O–H groups in total. The van der Waals surface area contributed by atoms with E-state index in [1.54, 1.807) is 0 Å². The Bertz CT molecular complexity index is 574. The van der Waals surface area contributed by atoms with Crippen molar-refractivity contribution in [3.05, 3.63) is 80.2 Å². The van der Waals surface area contributed by atoms with Crippen molar-refractivity contribution in [1.82, 2.24) is 0 Å². The van der Waals surface area contributed by atoms with Crippen LogP contribution in [0.1, 0.15) is 6.42 Å². The molecule has 118 valence electrons. The van der Waals surface area contributed by atoms with Crippen molar-refractivity contribution >= 4 is 5.78 Å². The van der Waals surface area contributed by atoms with Crippen LogP contribution in [0, 0.1) is 37.7 Å². The Balaban J connectivity index is 0. The van der Waals surface area contributed by atoms with Gasteiger partial charge in [-0.2, -0.15) is 0 Å². The smallest absolute Gasteiger partial charge is 0 e. The summed E-state index contributed by atoms with van der Waals surface area (Å²) in [5.41, 5.74) is 0.986. The van der Waals surface area contributed by atoms with Crippen molar-refractivity contribution in [3.8, 4) is 0 Å². The number of carbonyl (C=O) groups is 1. The van der Waals surface area contributed by atoms with E-state index in [0.717, 1.165) is 12.0 Å². The van der Waals surface area contributed by atoms with Crippen LogP contribution in [-0.2, 0) is 35.8 Å². The monoisotopic (exact) mass is 350 g/mol. The molecule has 0 aromatic heterocycles. The van der Waals surface area contributed by atoms with Crippen LogP contribution in [0.3, 0.4) is 0 Å². The zero-order chi connectivity index (χ0) is 17.0. The van der Waals surface area contributed by atoms with E-state index < -0.39 is 0 Å². The Morgan fingerprint density at radius 1 is 0.870 bits per heavy atom. The fraction of sp³-hybridized carbons (Fsp3) is 0.222. The molecular formula is C18H14FeO4. The second-order valence-electron chi connectivity index (χ2n) is 4.51. The summed E-state index contributed by atoms with van der Waals surface area (Å²) >= 11 is 0. The van der Waals surface area contributed by atoms with Crippen molar-refractivity contribution in [2.45, 2.75) is 6.42 Å². The number of carbonyl (C=O) groups excluding carboxylic acids is 1. The number of hydrogen-bond donors (Lipinski definition) is 0. The normalized spacial score (nSPS) is 24.9. The Kier molecular flexibility index (Phi) is 14.0. The molecular weight excluding hydrogens is 336 g/mol. The van der Waals surface area contributed by atoms with Crippen LogP contribution in [0.4, 0.5) is 0 Å². The molecule has 0 saturated heterocycles. The number of ketones is 1. The topological polar surface area (TPSA) is 76.8 Å². The maximum absolute atomic E-state index is 12.3. The van der Waals surface area contributed by atoms with Crippen LogP contribution in [0.5, 0.6) is 0 Å². The average Bonchev–Trinajstić information content (AvgIpc) is 2.88. The van der Waals surface area contributed by atoms with Crippen molar-refractivity contribution in [1.29, 1.82) is 0 Å². The SMILES string of the molecule is O=C1C2=CC=CC=C[C@@H]2[C@@H]2C=CC=CC[C@H]12.[C-]#[O+].[C-]#[O+].[C-]#[O+].[Fe]. The second kappa shape index (κ2) is 13.8. The van der Waals surface area contributed by atoms with E-state index in [4.69, 9.17) is 14.0 Å². The van der Waals surface area contributed by atoms with Crippen molar-refractivity contribution in [2.24, 2.45) is 17.8 Å². The molecule has 1 saturated carbocycles. The van der Waals surface area contributed by atoms with Crippen LogP contribution in [0.25, 0.3) is 0 Å². The molecule has 1 fully saturated rings. The van der Waals surface area contributed by atoms with Gasteiger partial charge in [-0.1, -0.05) is 54.7 Å². The summed E-state index contributed by atoms with van der Waals surface area (Å²) < 4.78 is 22.5. The van der Waals surface area contributed by atoms with Gasteiger partial charge in [0, 0.05) is 34.5 Å². The van der Waals surface area contributed by atoms with Gasteiger partial charge in [0.1, 0.15) is 0 Å². The molecule has 0 aromatic rings. The van der Waals surface area contributed by atoms with Gasteiger partial charge in [0.05, 0.1) is 0 Å². The maximum atomic E-state index is 12.3. The van der Waals surface area contributed by atoms with Crippen LogP contribution in [-0.4, -0.2) is 5.78 Å². The van der Waals surface area contributed by atoms with Gasteiger partial charge in [-0.3, -0.25) is 4.79 Å². The molecule has 0 radical (unpaired) electrons. The zero-order valence-electron chi connectivity index (χ0n) is 12.1. The minimum Gasteiger partial charge on any atom is 0 e. The molecule has 0 aliphatic heterocycles. The number of rotatable bonds is 0. The van der Waals surface area contributed by atoms with Crippen molar-refractivity contribution in [3.63, 3.8) is 0 Å². The summed E-state index contributed by atoms with van der Waals surface area (Å²) in [5, 5.41) is 0. The van der Waals surface area contributed by atoms with Gasteiger partial charge in [0.2, 0.25) is 0 Å². The summed E-state index contributed by atoms with van der Waals surface area (Å²) in [6.45, 7) is 13.5. The van der Waals surface area contributed by atoms with Crippen LogP contribution >= 0.6 is 0 Å². The third-order valence-corrected chi connectivity index (χ3v) is 3.65. The van der Waals surface area contributed by atoms with E-state index in [9.17, 15) is 4.79 Å². The first-order valence-electron chi connectivity index (χ1n) is 6.42. The first-order valence-corrected chi connectivity index (χ1v) is 6.42. The number of Topliss-reactive ketones (excluding diaryl/α,β-unsaturated/α-hetero) is 1. The van der Waals surface area contributed by atoms with Gasteiger partial charge in [-0.25, -0.2) is 0 Å². The van der Waals surface area contributed by atoms with E-state index in [1.807, 2.05) is 24.3 Å². The fourth-order valence-corrected chi connectivity index (χ4v) is 2.86. The van der Waals surface area contributed by atoms with Crippen LogP contribution < -0.4 is 0 Å². The largest absolute Gasteiger partial charge is 0 e. The molecule has 3 aliphatic rings. The van der Waals surface area contributed by atoms with Crippen LogP contribution in [0.15, 0.2) is 60.3 Å². The summed E-state index contributed by atoms with van der Waals surface area (Å²) in [6.07, 6.45) is 19.4. The molecule has 3 atom stereocenters. The quantitative estimate of drug-likeness (QED) is 0.376. The maximum Gasteiger partial charge on any atom is 0 e. The van der Waals surface area contributed by atoms with Gasteiger partial charge in [0.25, 0.3) is 0 Å². The molecule has 23 heavy (non-hydrogen) atoms. The third-order valence-electron chi connectivity index (χ3n) is 3.65. The van der Waals surface area contributed by atoms with E-state index in [2.05, 4.69) is 50.3 Å². The average molecular weight is 350 g/mol. The zero-order valence-corrected chi connectivity index (χ0v) is 13.2. The molecule has 3 aliphatic carbocycles. The Morgan fingerprint density at radius 3 is 2.13 bits per heavy atom. The van der Waals surface area contributed by atoms with E-state index in [-0.39, 0.29) is 28.9 Å². The summed E-state index contributed by atoms with van der Waals surface area (Å²) in [5.74, 6) is 1.12. The predicted molar refractivity (Wildman–Crippen MR) is 76.5 cm³/mol. The molecule has 0 bridgehead atoms. The van der Waals surface area contributed by atoms with Gasteiger partial charge in [0.15, 0.2) is 5.78 Å². The molecule has 5 heteroatoms. The molecule has 0 amide bonds. The van der Waals surface area contributed by atoms with Gasteiger partial charge in [-0.15, -0.1) is 0 Å². The Morgan fingerprint density at radius 2 is 1.48 bits per heavy atom. The summed E-state index contributed by atoms with van der Waals surface area (Å²) in [7, 11) is 0. The number of fused-ring (bicyclic) bond motifs is 3. The molecule has 4 nitrogen and oxygen atoms in total. The van der Waals surface area contributed by atoms with Gasteiger partial charge < -0.3 is 0 Å². The molecule has 0 heterocycles. The number of hydrogen-bond acceptors (Lipinski definition) is 1. The minimum absolute atomic E-state index is 0. The predicted octanol–water partition coefficient (Wildman–Crippen LogP) is 2.87. The van der Waals surface area contributed by atoms with Crippen molar-refractivity contribution < 1.29 is 35.8 Å². The minimum atomic E-state index is 0. The van der Waals surface area contributed by atoms with E-state index in [1.165, 1.54) is 0 Å². The first-order chi connectivity index (χ1) is 10.9. The molecule has 0 unspecified atom stereocenters. The third kappa shape index (κ3) is 5.67. The molecule has 3 rings (SSSR count). The molecule has 0 spiro atoms. The van der Waals surface area contributed by atoms with E-state index in [0.29, 0.717) is 11.7 Å². The summed E-state index contributed by atoms with van der Waals surface area (Å²) in [4.78, 5) is 12.3. The standard InChI is InChI=1S/C15H14O.3CO.Fe/c16-15-13-9-5-1-3-7-11(13)12-8-4-2-6-10-14(12)15;3*1-2;/h1-9,11-12,14H,10H2;;;;/t11-,12+,14+;;;;/m1..../s1. The van der Waals surface area contributed by atoms with Crippen molar-refractivity contribution in [2.75, 3.05) is 0 Å². The molecule has 0 aromatic carbocycles. The van der Waals surface area contributed by atoms with Gasteiger partial charge in [-0.05, 0) is 12.3 Å². The Labute approximate surface area is 146 Å².